The van der Waals surface area contributed by atoms with E-state index in [9.17, 15) is 4.79 Å². The van der Waals surface area contributed by atoms with E-state index >= 15 is 0 Å². The predicted molar refractivity (Wildman–Crippen MR) is 107 cm³/mol. The molecule has 0 bridgehead atoms. The lowest BCUT2D eigenvalue weighted by atomic mass is 10.3. The van der Waals surface area contributed by atoms with Crippen molar-refractivity contribution in [2.75, 3.05) is 31.1 Å². The molecule has 1 aliphatic heterocycles. The lowest BCUT2D eigenvalue weighted by Gasteiger charge is -2.35. The normalized spacial score (nSPS) is 14.6. The number of nitrogens with zero attached hydrogens (tertiary/aromatic N) is 7. The molecule has 8 nitrogen and oxygen atoms in total. The molecule has 0 aliphatic carbocycles. The standard InChI is InChI=1S/C19H17N7OS/c27-19(18-23-14-3-1-2-4-15(14)28-18)25-9-7-24(8-10-25)16-11-17(22-12-21-16)26-6-5-20-13-26/h1-6,11-13H,7-10H2. The molecule has 1 aliphatic rings. The number of amides is 1. The third-order valence-electron chi connectivity index (χ3n) is 4.77. The van der Waals surface area contributed by atoms with E-state index in [1.165, 1.54) is 11.3 Å². The third kappa shape index (κ3) is 3.09. The molecule has 9 heteroatoms. The molecule has 4 heterocycles. The molecule has 0 atom stereocenters. The van der Waals surface area contributed by atoms with E-state index in [-0.39, 0.29) is 5.91 Å². The molecule has 3 aromatic heterocycles. The van der Waals surface area contributed by atoms with Gasteiger partial charge in [-0.15, -0.1) is 11.3 Å². The number of hydrogen-bond donors (Lipinski definition) is 0. The van der Waals surface area contributed by atoms with E-state index in [1.807, 2.05) is 46.0 Å². The van der Waals surface area contributed by atoms with E-state index in [2.05, 4.69) is 24.8 Å². The van der Waals surface area contributed by atoms with Gasteiger partial charge < -0.3 is 9.80 Å². The molecule has 0 N–H and O–H groups in total. The number of hydrogen-bond acceptors (Lipinski definition) is 7. The Labute approximate surface area is 165 Å². The molecule has 1 fully saturated rings. The first-order valence-electron chi connectivity index (χ1n) is 8.98. The Morgan fingerprint density at radius 3 is 2.64 bits per heavy atom. The van der Waals surface area contributed by atoms with Gasteiger partial charge in [0.1, 0.15) is 24.3 Å². The summed E-state index contributed by atoms with van der Waals surface area (Å²) in [6.07, 6.45) is 6.83. The van der Waals surface area contributed by atoms with Crippen molar-refractivity contribution >= 4 is 33.3 Å². The summed E-state index contributed by atoms with van der Waals surface area (Å²) >= 11 is 1.45. The quantitative estimate of drug-likeness (QED) is 0.533. The second-order valence-corrected chi connectivity index (χ2v) is 7.50. The van der Waals surface area contributed by atoms with Gasteiger partial charge >= 0.3 is 0 Å². The number of thiazole rings is 1. The number of para-hydroxylation sites is 1. The minimum atomic E-state index is 0.00245. The molecule has 0 unspecified atom stereocenters. The minimum Gasteiger partial charge on any atom is -0.353 e. The Morgan fingerprint density at radius 1 is 1.04 bits per heavy atom. The van der Waals surface area contributed by atoms with Crippen molar-refractivity contribution in [2.24, 2.45) is 0 Å². The van der Waals surface area contributed by atoms with Crippen LogP contribution >= 0.6 is 11.3 Å². The van der Waals surface area contributed by atoms with Crippen LogP contribution in [0.5, 0.6) is 0 Å². The molecule has 4 aromatic rings. The fourth-order valence-corrected chi connectivity index (χ4v) is 4.22. The largest absolute Gasteiger partial charge is 0.353 e. The molecular formula is C19H17N7OS. The summed E-state index contributed by atoms with van der Waals surface area (Å²) in [5.74, 6) is 1.63. The number of carbonyl (C=O) groups excluding carboxylic acids is 1. The zero-order valence-electron chi connectivity index (χ0n) is 15.0. The van der Waals surface area contributed by atoms with Gasteiger partial charge in [-0.3, -0.25) is 9.36 Å². The van der Waals surface area contributed by atoms with E-state index in [0.717, 1.165) is 34.9 Å². The van der Waals surface area contributed by atoms with Gasteiger partial charge in [0.05, 0.1) is 10.2 Å². The van der Waals surface area contributed by atoms with E-state index < -0.39 is 0 Å². The molecule has 28 heavy (non-hydrogen) atoms. The highest BCUT2D eigenvalue weighted by Gasteiger charge is 2.25. The first kappa shape index (κ1) is 16.8. The second kappa shape index (κ2) is 7.01. The topological polar surface area (TPSA) is 80.0 Å². The van der Waals surface area contributed by atoms with E-state index in [0.29, 0.717) is 18.1 Å². The van der Waals surface area contributed by atoms with Crippen LogP contribution in [0.25, 0.3) is 16.0 Å². The number of rotatable bonds is 3. The molecule has 0 spiro atoms. The van der Waals surface area contributed by atoms with Crippen molar-refractivity contribution in [1.29, 1.82) is 0 Å². The Morgan fingerprint density at radius 2 is 1.86 bits per heavy atom. The zero-order chi connectivity index (χ0) is 18.9. The third-order valence-corrected chi connectivity index (χ3v) is 5.80. The van der Waals surface area contributed by atoms with Crippen LogP contribution in [0, 0.1) is 0 Å². The molecule has 0 saturated carbocycles. The molecule has 1 amide bonds. The summed E-state index contributed by atoms with van der Waals surface area (Å²) in [4.78, 5) is 34.1. The van der Waals surface area contributed by atoms with Gasteiger partial charge in [0.15, 0.2) is 5.01 Å². The van der Waals surface area contributed by atoms with Gasteiger partial charge in [0.25, 0.3) is 5.91 Å². The summed E-state index contributed by atoms with van der Waals surface area (Å²) in [6, 6.07) is 9.77. The van der Waals surface area contributed by atoms with Crippen LogP contribution in [-0.4, -0.2) is 61.5 Å². The summed E-state index contributed by atoms with van der Waals surface area (Å²) in [7, 11) is 0. The first-order valence-corrected chi connectivity index (χ1v) is 9.80. The molecule has 0 radical (unpaired) electrons. The molecule has 1 saturated heterocycles. The fraction of sp³-hybridized carbons (Fsp3) is 0.211. The van der Waals surface area contributed by atoms with Crippen molar-refractivity contribution in [3.8, 4) is 5.82 Å². The van der Waals surface area contributed by atoms with Crippen LogP contribution in [0.4, 0.5) is 5.82 Å². The van der Waals surface area contributed by atoms with Crippen molar-refractivity contribution in [3.63, 3.8) is 0 Å². The smallest absolute Gasteiger partial charge is 0.282 e. The number of piperazine rings is 1. The van der Waals surface area contributed by atoms with E-state index in [1.54, 1.807) is 18.9 Å². The van der Waals surface area contributed by atoms with Crippen LogP contribution in [0.1, 0.15) is 9.80 Å². The Kier molecular flexibility index (Phi) is 4.21. The number of anilines is 1. The number of benzene rings is 1. The Hall–Kier alpha value is -3.33. The Bertz CT molecular complexity index is 1080. The van der Waals surface area contributed by atoms with Gasteiger partial charge in [-0.1, -0.05) is 12.1 Å². The maximum atomic E-state index is 12.8. The number of imidazole rings is 1. The average molecular weight is 391 g/mol. The van der Waals surface area contributed by atoms with Crippen molar-refractivity contribution in [1.82, 2.24) is 29.4 Å². The molecule has 1 aromatic carbocycles. The van der Waals surface area contributed by atoms with Gasteiger partial charge in [-0.25, -0.2) is 19.9 Å². The number of carbonyl (C=O) groups is 1. The van der Waals surface area contributed by atoms with Crippen molar-refractivity contribution in [2.45, 2.75) is 0 Å². The highest BCUT2D eigenvalue weighted by molar-refractivity contribution is 7.20. The first-order chi connectivity index (χ1) is 13.8. The molecule has 140 valence electrons. The highest BCUT2D eigenvalue weighted by atomic mass is 32.1. The fourth-order valence-electron chi connectivity index (χ4n) is 3.28. The van der Waals surface area contributed by atoms with Crippen LogP contribution in [-0.2, 0) is 0 Å². The molecule has 5 rings (SSSR count). The van der Waals surface area contributed by atoms with Gasteiger partial charge in [0, 0.05) is 44.6 Å². The average Bonchev–Trinajstić information content (AvgIpc) is 3.43. The van der Waals surface area contributed by atoms with Crippen molar-refractivity contribution in [3.05, 3.63) is 60.4 Å². The van der Waals surface area contributed by atoms with Gasteiger partial charge in [-0.2, -0.15) is 0 Å². The van der Waals surface area contributed by atoms with Gasteiger partial charge in [-0.05, 0) is 12.1 Å². The second-order valence-electron chi connectivity index (χ2n) is 6.47. The summed E-state index contributed by atoms with van der Waals surface area (Å²) in [6.45, 7) is 2.71. The summed E-state index contributed by atoms with van der Waals surface area (Å²) in [5.41, 5.74) is 0.877. The lowest BCUT2D eigenvalue weighted by molar-refractivity contribution is 0.0746. The maximum Gasteiger partial charge on any atom is 0.282 e. The van der Waals surface area contributed by atoms with Gasteiger partial charge in [0.2, 0.25) is 0 Å². The van der Waals surface area contributed by atoms with Crippen LogP contribution in [0.2, 0.25) is 0 Å². The number of aromatic nitrogens is 5. The maximum absolute atomic E-state index is 12.8. The lowest BCUT2D eigenvalue weighted by Crippen LogP contribution is -2.49. The summed E-state index contributed by atoms with van der Waals surface area (Å²) in [5, 5.41) is 0.555. The predicted octanol–water partition coefficient (Wildman–Crippen LogP) is 2.23. The monoisotopic (exact) mass is 391 g/mol. The minimum absolute atomic E-state index is 0.00245. The molecular weight excluding hydrogens is 374 g/mol. The highest BCUT2D eigenvalue weighted by Crippen LogP contribution is 2.23. The SMILES string of the molecule is O=C(c1nc2ccccc2s1)N1CCN(c2cc(-n3ccnc3)ncn2)CC1. The van der Waals surface area contributed by atoms with Crippen LogP contribution in [0.3, 0.4) is 0 Å². The Balaban J connectivity index is 1.28. The zero-order valence-corrected chi connectivity index (χ0v) is 15.8. The van der Waals surface area contributed by atoms with Crippen LogP contribution in [0.15, 0.2) is 55.4 Å². The van der Waals surface area contributed by atoms with Crippen LogP contribution < -0.4 is 4.90 Å². The van der Waals surface area contributed by atoms with Crippen molar-refractivity contribution < 1.29 is 4.79 Å². The van der Waals surface area contributed by atoms with E-state index in [4.69, 9.17) is 0 Å². The number of fused-ring (bicyclic) bond motifs is 1. The summed E-state index contributed by atoms with van der Waals surface area (Å²) < 4.78 is 2.88.